The molecule has 0 unspecified atom stereocenters. The van der Waals surface area contributed by atoms with Gasteiger partial charge in [-0.25, -0.2) is 4.98 Å². The number of ether oxygens (including phenoxy) is 1. The third-order valence-electron chi connectivity index (χ3n) is 5.94. The van der Waals surface area contributed by atoms with Crippen LogP contribution in [0.15, 0.2) is 96.4 Å². The number of hydrogen-bond acceptors (Lipinski definition) is 5. The van der Waals surface area contributed by atoms with Crippen molar-refractivity contribution in [2.75, 3.05) is 7.11 Å². The minimum atomic E-state index is -0.114. The summed E-state index contributed by atoms with van der Waals surface area (Å²) in [6.45, 7) is 1.07. The Morgan fingerprint density at radius 1 is 1.00 bits per heavy atom. The van der Waals surface area contributed by atoms with Crippen LogP contribution in [-0.4, -0.2) is 27.6 Å². The van der Waals surface area contributed by atoms with Crippen LogP contribution in [0.1, 0.15) is 27.0 Å². The van der Waals surface area contributed by atoms with Gasteiger partial charge in [0.05, 0.1) is 30.9 Å². The van der Waals surface area contributed by atoms with E-state index >= 15 is 0 Å². The van der Waals surface area contributed by atoms with Crippen molar-refractivity contribution in [3.8, 4) is 5.75 Å². The third-order valence-corrected chi connectivity index (χ3v) is 7.22. The molecule has 2 heterocycles. The summed E-state index contributed by atoms with van der Waals surface area (Å²) in [7, 11) is 1.63. The molecule has 0 saturated heterocycles. The van der Waals surface area contributed by atoms with Crippen LogP contribution in [0, 0.1) is 0 Å². The first kappa shape index (κ1) is 24.9. The quantitative estimate of drug-likeness (QED) is 0.225. The Morgan fingerprint density at radius 2 is 1.78 bits per heavy atom. The zero-order valence-corrected chi connectivity index (χ0v) is 21.8. The summed E-state index contributed by atoms with van der Waals surface area (Å²) in [5.74, 6) is 1.43. The second-order valence-corrected chi connectivity index (χ2v) is 9.87. The number of aromatic nitrogens is 3. The number of halogens is 1. The predicted octanol–water partition coefficient (Wildman–Crippen LogP) is 6.36. The minimum absolute atomic E-state index is 0.114. The van der Waals surface area contributed by atoms with Crippen molar-refractivity contribution in [1.29, 1.82) is 0 Å². The van der Waals surface area contributed by atoms with Crippen LogP contribution in [0.5, 0.6) is 5.75 Å². The van der Waals surface area contributed by atoms with Crippen molar-refractivity contribution in [2.24, 2.45) is 0 Å². The molecule has 0 bridgehead atoms. The molecule has 0 spiro atoms. The molecule has 0 aliphatic carbocycles. The fourth-order valence-electron chi connectivity index (χ4n) is 3.96. The van der Waals surface area contributed by atoms with Crippen molar-refractivity contribution >= 4 is 40.3 Å². The highest BCUT2D eigenvalue weighted by molar-refractivity contribution is 7.98. The highest BCUT2D eigenvalue weighted by Gasteiger charge is 2.13. The molecule has 37 heavy (non-hydrogen) atoms. The predicted molar refractivity (Wildman–Crippen MR) is 148 cm³/mol. The Labute approximate surface area is 224 Å². The van der Waals surface area contributed by atoms with Crippen LogP contribution in [0.2, 0.25) is 5.02 Å². The van der Waals surface area contributed by atoms with Gasteiger partial charge in [-0.1, -0.05) is 59.8 Å². The van der Waals surface area contributed by atoms with Gasteiger partial charge >= 0.3 is 0 Å². The minimum Gasteiger partial charge on any atom is -0.497 e. The van der Waals surface area contributed by atoms with Gasteiger partial charge in [0.2, 0.25) is 0 Å². The van der Waals surface area contributed by atoms with Gasteiger partial charge in [0.25, 0.3) is 5.91 Å². The van der Waals surface area contributed by atoms with Gasteiger partial charge in [0.15, 0.2) is 5.16 Å². The van der Waals surface area contributed by atoms with Crippen LogP contribution >= 0.6 is 23.4 Å². The van der Waals surface area contributed by atoms with E-state index in [2.05, 4.69) is 20.9 Å². The van der Waals surface area contributed by atoms with E-state index < -0.39 is 0 Å². The second-order valence-electron chi connectivity index (χ2n) is 8.49. The molecular weight excluding hydrogens is 504 g/mol. The highest BCUT2D eigenvalue weighted by Crippen LogP contribution is 2.28. The lowest BCUT2D eigenvalue weighted by atomic mass is 10.1. The summed E-state index contributed by atoms with van der Waals surface area (Å²) in [6, 6.07) is 25.1. The van der Waals surface area contributed by atoms with Crippen molar-refractivity contribution in [3.63, 3.8) is 0 Å². The number of benzene rings is 3. The fourth-order valence-corrected chi connectivity index (χ4v) is 5.13. The lowest BCUT2D eigenvalue weighted by molar-refractivity contribution is 0.0951. The zero-order valence-electron chi connectivity index (χ0n) is 20.2. The Kier molecular flexibility index (Phi) is 7.73. The van der Waals surface area contributed by atoms with Gasteiger partial charge < -0.3 is 14.6 Å². The first-order chi connectivity index (χ1) is 18.1. The summed E-state index contributed by atoms with van der Waals surface area (Å²) in [4.78, 5) is 21.8. The van der Waals surface area contributed by atoms with Crippen LogP contribution in [0.4, 0.5) is 0 Å². The molecule has 6 nitrogen and oxygen atoms in total. The molecule has 0 radical (unpaired) electrons. The largest absolute Gasteiger partial charge is 0.497 e. The van der Waals surface area contributed by atoms with Crippen LogP contribution in [-0.2, 0) is 18.8 Å². The number of methoxy groups -OCH3 is 1. The van der Waals surface area contributed by atoms with Crippen molar-refractivity contribution in [2.45, 2.75) is 24.0 Å². The van der Waals surface area contributed by atoms with E-state index in [0.717, 1.165) is 49.4 Å². The molecule has 0 atom stereocenters. The summed E-state index contributed by atoms with van der Waals surface area (Å²) < 4.78 is 7.34. The molecular formula is C29H25ClN4O2S. The molecule has 5 aromatic rings. The molecule has 1 amide bonds. The number of carbonyl (C=O) groups excluding carboxylic acids is 1. The molecule has 1 N–H and O–H groups in total. The number of pyridine rings is 1. The summed E-state index contributed by atoms with van der Waals surface area (Å²) in [6.07, 6.45) is 3.59. The molecule has 0 saturated carbocycles. The van der Waals surface area contributed by atoms with Crippen LogP contribution in [0.25, 0.3) is 11.0 Å². The molecule has 0 aliphatic rings. The number of hydrogen-bond donors (Lipinski definition) is 1. The van der Waals surface area contributed by atoms with Gasteiger partial charge in [-0.3, -0.25) is 9.78 Å². The normalized spacial score (nSPS) is 11.0. The zero-order chi connectivity index (χ0) is 25.6. The topological polar surface area (TPSA) is 69.0 Å². The first-order valence-corrected chi connectivity index (χ1v) is 13.1. The number of fused-ring (bicyclic) bond motifs is 1. The van der Waals surface area contributed by atoms with Gasteiger partial charge in [-0.15, -0.1) is 0 Å². The molecule has 0 aliphatic heterocycles. The third kappa shape index (κ3) is 6.13. The van der Waals surface area contributed by atoms with E-state index in [-0.39, 0.29) is 5.91 Å². The fraction of sp³-hybridized carbons (Fsp3) is 0.138. The highest BCUT2D eigenvalue weighted by atomic mass is 35.5. The van der Waals surface area contributed by atoms with E-state index in [4.69, 9.17) is 21.3 Å². The van der Waals surface area contributed by atoms with E-state index in [1.54, 1.807) is 25.1 Å². The number of imidazole rings is 1. The van der Waals surface area contributed by atoms with Crippen LogP contribution in [0.3, 0.4) is 0 Å². The second kappa shape index (κ2) is 11.5. The number of nitrogens with zero attached hydrogens (tertiary/aromatic N) is 3. The Morgan fingerprint density at radius 3 is 2.54 bits per heavy atom. The lowest BCUT2D eigenvalue weighted by Gasteiger charge is -2.10. The van der Waals surface area contributed by atoms with Gasteiger partial charge in [0, 0.05) is 29.1 Å². The average Bonchev–Trinajstić information content (AvgIpc) is 3.28. The van der Waals surface area contributed by atoms with E-state index in [9.17, 15) is 4.79 Å². The van der Waals surface area contributed by atoms with Crippen molar-refractivity contribution in [3.05, 3.63) is 119 Å². The van der Waals surface area contributed by atoms with Gasteiger partial charge in [-0.05, 0) is 59.2 Å². The van der Waals surface area contributed by atoms with Crippen LogP contribution < -0.4 is 10.1 Å². The number of nitrogens with one attached hydrogen (secondary N) is 1. The molecule has 3 aromatic carbocycles. The number of amides is 1. The van der Waals surface area contributed by atoms with E-state index in [1.165, 1.54) is 0 Å². The number of thioether (sulfide) groups is 1. The molecule has 5 rings (SSSR count). The van der Waals surface area contributed by atoms with Crippen molar-refractivity contribution < 1.29 is 9.53 Å². The SMILES string of the molecule is COc1ccc(CNC(=O)c2ccc(Cn3c(SCc4cccc(Cl)c4)nc4ccncc43)cc2)cc1. The number of carbonyl (C=O) groups is 1. The maximum Gasteiger partial charge on any atom is 0.251 e. The molecule has 2 aromatic heterocycles. The lowest BCUT2D eigenvalue weighted by Crippen LogP contribution is -2.22. The molecule has 0 fully saturated rings. The first-order valence-electron chi connectivity index (χ1n) is 11.8. The van der Waals surface area contributed by atoms with E-state index in [0.29, 0.717) is 18.7 Å². The summed E-state index contributed by atoms with van der Waals surface area (Å²) in [5, 5.41) is 4.60. The summed E-state index contributed by atoms with van der Waals surface area (Å²) in [5.41, 5.74) is 5.70. The molecule has 8 heteroatoms. The standard InChI is InChI=1S/C29H25ClN4O2S/c1-36-25-11-7-20(8-12-25)16-32-28(35)23-9-5-21(6-10-23)18-34-27-17-31-14-13-26(27)33-29(34)37-19-22-3-2-4-24(30)15-22/h2-15,17H,16,18-19H2,1H3,(H,32,35). The van der Waals surface area contributed by atoms with E-state index in [1.807, 2.05) is 79.0 Å². The Bertz CT molecular complexity index is 1520. The average molecular weight is 529 g/mol. The van der Waals surface area contributed by atoms with Crippen molar-refractivity contribution in [1.82, 2.24) is 19.9 Å². The smallest absolute Gasteiger partial charge is 0.251 e. The summed E-state index contributed by atoms with van der Waals surface area (Å²) >= 11 is 7.82. The number of rotatable bonds is 9. The Hall–Kier alpha value is -3.81. The molecule has 186 valence electrons. The Balaban J connectivity index is 1.28. The monoisotopic (exact) mass is 528 g/mol. The maximum absolute atomic E-state index is 12.7. The van der Waals surface area contributed by atoms with Gasteiger partial charge in [0.1, 0.15) is 5.75 Å². The maximum atomic E-state index is 12.7. The van der Waals surface area contributed by atoms with Gasteiger partial charge in [-0.2, -0.15) is 0 Å².